The molecule has 0 radical (unpaired) electrons. The van der Waals surface area contributed by atoms with Gasteiger partial charge in [0.05, 0.1) is 6.61 Å². The molecule has 0 aliphatic heterocycles. The van der Waals surface area contributed by atoms with Gasteiger partial charge in [-0.1, -0.05) is 28.1 Å². The molecule has 1 saturated carbocycles. The molecule has 100 valence electrons. The molecule has 0 amide bonds. The van der Waals surface area contributed by atoms with Crippen LogP contribution in [0.25, 0.3) is 10.8 Å². The van der Waals surface area contributed by atoms with Gasteiger partial charge in [-0.2, -0.15) is 0 Å². The molecule has 2 N–H and O–H groups in total. The molecule has 1 aliphatic carbocycles. The number of rotatable bonds is 5. The van der Waals surface area contributed by atoms with Gasteiger partial charge in [-0.05, 0) is 60.8 Å². The Morgan fingerprint density at radius 3 is 2.58 bits per heavy atom. The van der Waals surface area contributed by atoms with Crippen molar-refractivity contribution in [2.24, 2.45) is 11.1 Å². The third kappa shape index (κ3) is 2.93. The summed E-state index contributed by atoms with van der Waals surface area (Å²) in [6, 6.07) is 12.6. The van der Waals surface area contributed by atoms with Crippen LogP contribution in [0.4, 0.5) is 0 Å². The minimum Gasteiger partial charge on any atom is -0.493 e. The molecule has 0 atom stereocenters. The number of hydrogen-bond donors (Lipinski definition) is 1. The second-order valence-corrected chi connectivity index (χ2v) is 6.40. The highest BCUT2D eigenvalue weighted by atomic mass is 79.9. The highest BCUT2D eigenvalue weighted by molar-refractivity contribution is 9.10. The molecule has 19 heavy (non-hydrogen) atoms. The molecule has 0 saturated heterocycles. The minimum absolute atomic E-state index is 0.365. The maximum Gasteiger partial charge on any atom is 0.119 e. The van der Waals surface area contributed by atoms with E-state index in [0.717, 1.165) is 29.8 Å². The zero-order valence-corrected chi connectivity index (χ0v) is 12.4. The van der Waals surface area contributed by atoms with E-state index in [2.05, 4.69) is 46.3 Å². The summed E-state index contributed by atoms with van der Waals surface area (Å²) in [6.45, 7) is 1.56. The van der Waals surface area contributed by atoms with Crippen molar-refractivity contribution < 1.29 is 4.74 Å². The number of benzene rings is 2. The third-order valence-electron chi connectivity index (χ3n) is 3.95. The molecule has 0 aromatic heterocycles. The molecule has 0 unspecified atom stereocenters. The maximum absolute atomic E-state index is 5.96. The second kappa shape index (κ2) is 5.14. The average Bonchev–Trinajstić information content (AvgIpc) is 3.17. The molecule has 0 heterocycles. The first-order chi connectivity index (χ1) is 9.21. The number of halogens is 1. The smallest absolute Gasteiger partial charge is 0.119 e. The van der Waals surface area contributed by atoms with Gasteiger partial charge < -0.3 is 10.5 Å². The van der Waals surface area contributed by atoms with E-state index in [-0.39, 0.29) is 0 Å². The number of nitrogens with two attached hydrogens (primary N) is 1. The summed E-state index contributed by atoms with van der Waals surface area (Å²) < 4.78 is 7.06. The van der Waals surface area contributed by atoms with Crippen molar-refractivity contribution in [1.29, 1.82) is 0 Å². The van der Waals surface area contributed by atoms with Gasteiger partial charge in [-0.3, -0.25) is 0 Å². The lowest BCUT2D eigenvalue weighted by molar-refractivity contribution is 0.227. The van der Waals surface area contributed by atoms with Crippen molar-refractivity contribution in [2.45, 2.75) is 19.3 Å². The van der Waals surface area contributed by atoms with E-state index in [9.17, 15) is 0 Å². The van der Waals surface area contributed by atoms with E-state index < -0.39 is 0 Å². The Morgan fingerprint density at radius 2 is 1.84 bits per heavy atom. The Labute approximate surface area is 122 Å². The average molecular weight is 320 g/mol. The minimum atomic E-state index is 0.365. The molecule has 3 heteroatoms. The lowest BCUT2D eigenvalue weighted by Gasteiger charge is -2.15. The zero-order chi connectivity index (χ0) is 13.3. The number of fused-ring (bicyclic) bond motifs is 1. The molecule has 1 fully saturated rings. The van der Waals surface area contributed by atoms with Gasteiger partial charge in [0.25, 0.3) is 0 Å². The fourth-order valence-corrected chi connectivity index (χ4v) is 2.85. The Balaban J connectivity index is 1.73. The van der Waals surface area contributed by atoms with Crippen molar-refractivity contribution >= 4 is 26.7 Å². The highest BCUT2D eigenvalue weighted by Gasteiger charge is 2.42. The summed E-state index contributed by atoms with van der Waals surface area (Å²) in [5.74, 6) is 0.957. The van der Waals surface area contributed by atoms with Crippen molar-refractivity contribution in [3.63, 3.8) is 0 Å². The van der Waals surface area contributed by atoms with Crippen LogP contribution in [0.5, 0.6) is 5.75 Å². The Morgan fingerprint density at radius 1 is 1.11 bits per heavy atom. The summed E-state index contributed by atoms with van der Waals surface area (Å²) in [6.07, 6.45) is 3.59. The predicted molar refractivity (Wildman–Crippen MR) is 82.5 cm³/mol. The van der Waals surface area contributed by atoms with E-state index in [1.165, 1.54) is 23.6 Å². The largest absolute Gasteiger partial charge is 0.493 e. The van der Waals surface area contributed by atoms with Crippen LogP contribution in [0.3, 0.4) is 0 Å². The van der Waals surface area contributed by atoms with Gasteiger partial charge in [0.1, 0.15) is 5.75 Å². The van der Waals surface area contributed by atoms with Gasteiger partial charge in [0, 0.05) is 9.89 Å². The van der Waals surface area contributed by atoms with Crippen molar-refractivity contribution in [1.82, 2.24) is 0 Å². The van der Waals surface area contributed by atoms with Crippen LogP contribution in [0.2, 0.25) is 0 Å². The Kier molecular flexibility index (Phi) is 3.50. The lowest BCUT2D eigenvalue weighted by atomic mass is 10.0. The van der Waals surface area contributed by atoms with Crippen LogP contribution >= 0.6 is 15.9 Å². The first kappa shape index (κ1) is 12.9. The summed E-state index contributed by atoms with van der Waals surface area (Å²) in [4.78, 5) is 0. The van der Waals surface area contributed by atoms with Crippen LogP contribution in [0.1, 0.15) is 19.3 Å². The maximum atomic E-state index is 5.96. The molecule has 2 nitrogen and oxygen atoms in total. The molecular formula is C16H18BrNO. The van der Waals surface area contributed by atoms with Crippen molar-refractivity contribution in [3.05, 3.63) is 40.9 Å². The number of ether oxygens (including phenoxy) is 1. The van der Waals surface area contributed by atoms with Crippen LogP contribution < -0.4 is 10.5 Å². The monoisotopic (exact) mass is 319 g/mol. The van der Waals surface area contributed by atoms with Gasteiger partial charge >= 0.3 is 0 Å². The van der Waals surface area contributed by atoms with Gasteiger partial charge in [-0.15, -0.1) is 0 Å². The summed E-state index contributed by atoms with van der Waals surface area (Å²) in [5.41, 5.74) is 6.02. The quantitative estimate of drug-likeness (QED) is 0.900. The highest BCUT2D eigenvalue weighted by Crippen LogP contribution is 2.48. The van der Waals surface area contributed by atoms with Crippen LogP contribution in [-0.2, 0) is 0 Å². The van der Waals surface area contributed by atoms with Crippen molar-refractivity contribution in [3.8, 4) is 5.75 Å². The SMILES string of the molecule is NCCC1(COc2ccc3cc(Br)ccc3c2)CC1. The Hall–Kier alpha value is -1.06. The van der Waals surface area contributed by atoms with Crippen LogP contribution in [0.15, 0.2) is 40.9 Å². The van der Waals surface area contributed by atoms with Crippen LogP contribution in [0, 0.1) is 5.41 Å². The third-order valence-corrected chi connectivity index (χ3v) is 4.44. The zero-order valence-electron chi connectivity index (χ0n) is 10.9. The van der Waals surface area contributed by atoms with Gasteiger partial charge in [-0.25, -0.2) is 0 Å². The molecule has 2 aromatic carbocycles. The van der Waals surface area contributed by atoms with Gasteiger partial charge in [0.2, 0.25) is 0 Å². The van der Waals surface area contributed by atoms with Crippen molar-refractivity contribution in [2.75, 3.05) is 13.2 Å². The summed E-state index contributed by atoms with van der Waals surface area (Å²) in [7, 11) is 0. The van der Waals surface area contributed by atoms with Crippen LogP contribution in [-0.4, -0.2) is 13.2 Å². The van der Waals surface area contributed by atoms with Gasteiger partial charge in [0.15, 0.2) is 0 Å². The second-order valence-electron chi connectivity index (χ2n) is 5.48. The molecule has 1 aliphatic rings. The molecule has 0 spiro atoms. The van der Waals surface area contributed by atoms with E-state index in [4.69, 9.17) is 10.5 Å². The topological polar surface area (TPSA) is 35.2 Å². The predicted octanol–water partition coefficient (Wildman–Crippen LogP) is 4.11. The molecule has 0 bridgehead atoms. The molecule has 3 rings (SSSR count). The van der Waals surface area contributed by atoms with E-state index >= 15 is 0 Å². The number of hydrogen-bond acceptors (Lipinski definition) is 2. The first-order valence-corrected chi connectivity index (χ1v) is 7.52. The molecular weight excluding hydrogens is 302 g/mol. The Bertz CT molecular complexity index is 592. The first-order valence-electron chi connectivity index (χ1n) is 6.73. The molecule has 2 aromatic rings. The normalized spacial score (nSPS) is 16.5. The summed E-state index contributed by atoms with van der Waals surface area (Å²) >= 11 is 3.49. The van der Waals surface area contributed by atoms with E-state index in [1.807, 2.05) is 6.07 Å². The van der Waals surface area contributed by atoms with E-state index in [0.29, 0.717) is 5.41 Å². The lowest BCUT2D eigenvalue weighted by Crippen LogP contribution is -2.17. The fraction of sp³-hybridized carbons (Fsp3) is 0.375. The fourth-order valence-electron chi connectivity index (χ4n) is 2.47. The van der Waals surface area contributed by atoms with E-state index in [1.54, 1.807) is 0 Å². The standard InChI is InChI=1S/C16H18BrNO/c17-14-3-1-13-10-15(4-2-12(13)9-14)19-11-16(5-6-16)7-8-18/h1-4,9-10H,5-8,11,18H2. The summed E-state index contributed by atoms with van der Waals surface area (Å²) in [5, 5.41) is 2.44.